The maximum Gasteiger partial charge on any atom is 0.227 e. The molecule has 0 radical (unpaired) electrons. The molecule has 0 saturated carbocycles. The number of nitriles is 1. The second-order valence-electron chi connectivity index (χ2n) is 6.29. The largest absolute Gasteiger partial charge is 0.395 e. The summed E-state index contributed by atoms with van der Waals surface area (Å²) in [6, 6.07) is 9.63. The highest BCUT2D eigenvalue weighted by Gasteiger charge is 2.20. The summed E-state index contributed by atoms with van der Waals surface area (Å²) in [6.07, 6.45) is 2.09. The number of hydrogen-bond acceptors (Lipinski definition) is 7. The molecule has 0 unspecified atom stereocenters. The van der Waals surface area contributed by atoms with Gasteiger partial charge in [0, 0.05) is 38.4 Å². The fourth-order valence-corrected chi connectivity index (χ4v) is 2.81. The first kappa shape index (κ1) is 18.6. The molecule has 1 aliphatic heterocycles. The van der Waals surface area contributed by atoms with Crippen molar-refractivity contribution in [2.45, 2.75) is 32.6 Å². The third-order valence-corrected chi connectivity index (χ3v) is 4.29. The molecule has 1 aromatic carbocycles. The van der Waals surface area contributed by atoms with Crippen LogP contribution in [0.1, 0.15) is 30.7 Å². The van der Waals surface area contributed by atoms with Crippen LogP contribution in [0.2, 0.25) is 0 Å². The molecule has 140 valence electrons. The Hall–Kier alpha value is -3.21. The van der Waals surface area contributed by atoms with Crippen molar-refractivity contribution in [2.75, 3.05) is 19.7 Å². The second-order valence-corrected chi connectivity index (χ2v) is 6.29. The van der Waals surface area contributed by atoms with Crippen LogP contribution < -0.4 is 0 Å². The predicted octanol–water partition coefficient (Wildman–Crippen LogP) is 2.50. The van der Waals surface area contributed by atoms with Gasteiger partial charge in [-0.15, -0.1) is 0 Å². The molecular weight excluding hydrogens is 346 g/mol. The van der Waals surface area contributed by atoms with Gasteiger partial charge in [-0.2, -0.15) is 10.2 Å². The number of hydrogen-bond donors (Lipinski definition) is 0. The van der Waals surface area contributed by atoms with Crippen molar-refractivity contribution in [2.24, 2.45) is 5.16 Å². The summed E-state index contributed by atoms with van der Waals surface area (Å²) < 4.78 is 4.98. The number of oxime groups is 1. The Kier molecular flexibility index (Phi) is 6.15. The van der Waals surface area contributed by atoms with Crippen LogP contribution in [-0.4, -0.2) is 46.4 Å². The molecule has 0 spiro atoms. The first-order valence-electron chi connectivity index (χ1n) is 8.88. The summed E-state index contributed by atoms with van der Waals surface area (Å²) in [5.41, 5.74) is 2.75. The zero-order valence-corrected chi connectivity index (χ0v) is 15.2. The highest BCUT2D eigenvalue weighted by molar-refractivity contribution is 5.87. The lowest BCUT2D eigenvalue weighted by Crippen LogP contribution is -2.39. The van der Waals surface area contributed by atoms with Gasteiger partial charge in [-0.05, 0) is 5.56 Å². The Morgan fingerprint density at radius 3 is 2.70 bits per heavy atom. The molecule has 27 heavy (non-hydrogen) atoms. The molecule has 8 heteroatoms. The Labute approximate surface area is 157 Å². The number of amides is 1. The van der Waals surface area contributed by atoms with Crippen molar-refractivity contribution in [3.8, 4) is 17.5 Å². The zero-order chi connectivity index (χ0) is 19.1. The lowest BCUT2D eigenvalue weighted by Gasteiger charge is -2.27. The average Bonchev–Trinajstić information content (AvgIpc) is 3.13. The fraction of sp³-hybridized carbons (Fsp3) is 0.421. The molecule has 0 N–H and O–H groups in total. The molecule has 1 amide bonds. The molecule has 8 nitrogen and oxygen atoms in total. The zero-order valence-electron chi connectivity index (χ0n) is 15.2. The third-order valence-electron chi connectivity index (χ3n) is 4.29. The van der Waals surface area contributed by atoms with Crippen molar-refractivity contribution in [1.29, 1.82) is 5.26 Å². The van der Waals surface area contributed by atoms with E-state index in [1.54, 1.807) is 6.92 Å². The van der Waals surface area contributed by atoms with Crippen LogP contribution in [0.3, 0.4) is 0 Å². The number of likely N-dealkylation sites (tertiary alicyclic amines) is 1. The minimum Gasteiger partial charge on any atom is -0.395 e. The monoisotopic (exact) mass is 367 g/mol. The summed E-state index contributed by atoms with van der Waals surface area (Å²) >= 11 is 0. The Morgan fingerprint density at radius 2 is 2.07 bits per heavy atom. The summed E-state index contributed by atoms with van der Waals surface area (Å²) in [5, 5.41) is 16.4. The van der Waals surface area contributed by atoms with E-state index in [9.17, 15) is 4.79 Å². The SMILES string of the molecule is Cc1nc(-c2ccc(CC(=O)N3CCC(=NOCCC#N)CC3)cc2)no1. The van der Waals surface area contributed by atoms with E-state index in [1.165, 1.54) is 0 Å². The summed E-state index contributed by atoms with van der Waals surface area (Å²) in [7, 11) is 0. The van der Waals surface area contributed by atoms with Crippen LogP contribution in [0.15, 0.2) is 33.9 Å². The van der Waals surface area contributed by atoms with E-state index in [2.05, 4.69) is 15.3 Å². The van der Waals surface area contributed by atoms with Crippen molar-refractivity contribution in [3.05, 3.63) is 35.7 Å². The lowest BCUT2D eigenvalue weighted by molar-refractivity contribution is -0.130. The van der Waals surface area contributed by atoms with Gasteiger partial charge in [0.25, 0.3) is 0 Å². The number of aromatic nitrogens is 2. The smallest absolute Gasteiger partial charge is 0.227 e. The van der Waals surface area contributed by atoms with Gasteiger partial charge in [0.15, 0.2) is 0 Å². The van der Waals surface area contributed by atoms with Gasteiger partial charge in [0.1, 0.15) is 6.61 Å². The number of carbonyl (C=O) groups is 1. The van der Waals surface area contributed by atoms with Gasteiger partial charge in [-0.25, -0.2) is 0 Å². The van der Waals surface area contributed by atoms with Gasteiger partial charge in [-0.3, -0.25) is 4.79 Å². The molecule has 1 fully saturated rings. The van der Waals surface area contributed by atoms with Gasteiger partial charge in [0.2, 0.25) is 17.6 Å². The van der Waals surface area contributed by atoms with Crippen LogP contribution in [0.25, 0.3) is 11.4 Å². The van der Waals surface area contributed by atoms with Crippen molar-refractivity contribution < 1.29 is 14.2 Å². The molecule has 0 atom stereocenters. The molecule has 1 saturated heterocycles. The number of benzene rings is 1. The van der Waals surface area contributed by atoms with E-state index in [1.807, 2.05) is 35.2 Å². The second kappa shape index (κ2) is 8.94. The van der Waals surface area contributed by atoms with Crippen LogP contribution >= 0.6 is 0 Å². The average molecular weight is 367 g/mol. The van der Waals surface area contributed by atoms with Crippen molar-refractivity contribution in [3.63, 3.8) is 0 Å². The topological polar surface area (TPSA) is 105 Å². The first-order valence-corrected chi connectivity index (χ1v) is 8.88. The van der Waals surface area contributed by atoms with E-state index in [0.717, 1.165) is 16.8 Å². The molecular formula is C19H21N5O3. The van der Waals surface area contributed by atoms with E-state index in [4.69, 9.17) is 14.6 Å². The van der Waals surface area contributed by atoms with Gasteiger partial charge < -0.3 is 14.3 Å². The van der Waals surface area contributed by atoms with Gasteiger partial charge in [0.05, 0.1) is 24.6 Å². The van der Waals surface area contributed by atoms with Crippen LogP contribution in [0, 0.1) is 18.3 Å². The van der Waals surface area contributed by atoms with E-state index < -0.39 is 0 Å². The normalized spacial score (nSPS) is 13.9. The molecule has 1 aliphatic rings. The molecule has 3 rings (SSSR count). The number of aryl methyl sites for hydroxylation is 1. The van der Waals surface area contributed by atoms with Crippen molar-refractivity contribution >= 4 is 11.6 Å². The van der Waals surface area contributed by atoms with E-state index in [-0.39, 0.29) is 5.91 Å². The standard InChI is InChI=1S/C19H21N5O3/c1-14-21-19(23-27-14)16-5-3-15(4-6-16)13-18(25)24-10-7-17(8-11-24)22-26-12-2-9-20/h3-6H,2,7-8,10-13H2,1H3. The maximum atomic E-state index is 12.5. The highest BCUT2D eigenvalue weighted by atomic mass is 16.6. The number of nitrogens with zero attached hydrogens (tertiary/aromatic N) is 5. The number of piperidine rings is 1. The van der Waals surface area contributed by atoms with Gasteiger partial charge in [-0.1, -0.05) is 34.6 Å². The summed E-state index contributed by atoms with van der Waals surface area (Å²) in [4.78, 5) is 23.7. The van der Waals surface area contributed by atoms with E-state index >= 15 is 0 Å². The maximum absolute atomic E-state index is 12.5. The van der Waals surface area contributed by atoms with Crippen LogP contribution in [-0.2, 0) is 16.1 Å². The van der Waals surface area contributed by atoms with Crippen molar-refractivity contribution in [1.82, 2.24) is 15.0 Å². The highest BCUT2D eigenvalue weighted by Crippen LogP contribution is 2.17. The third kappa shape index (κ3) is 5.14. The molecule has 2 aromatic rings. The molecule has 1 aromatic heterocycles. The molecule has 0 aliphatic carbocycles. The predicted molar refractivity (Wildman–Crippen MR) is 97.6 cm³/mol. The number of carbonyl (C=O) groups excluding carboxylic acids is 1. The Balaban J connectivity index is 1.49. The van der Waals surface area contributed by atoms with Crippen LogP contribution in [0.5, 0.6) is 0 Å². The van der Waals surface area contributed by atoms with E-state index in [0.29, 0.717) is 57.1 Å². The quantitative estimate of drug-likeness (QED) is 0.574. The fourth-order valence-electron chi connectivity index (χ4n) is 2.81. The minimum absolute atomic E-state index is 0.0996. The van der Waals surface area contributed by atoms with Crippen LogP contribution in [0.4, 0.5) is 0 Å². The Morgan fingerprint density at radius 1 is 1.33 bits per heavy atom. The first-order chi connectivity index (χ1) is 13.2. The Bertz CT molecular complexity index is 841. The summed E-state index contributed by atoms with van der Waals surface area (Å²) in [5.74, 6) is 1.17. The summed E-state index contributed by atoms with van der Waals surface area (Å²) in [6.45, 7) is 3.33. The number of rotatable bonds is 6. The molecule has 2 heterocycles. The molecule has 0 bridgehead atoms. The minimum atomic E-state index is 0.0996. The lowest BCUT2D eigenvalue weighted by atomic mass is 10.1. The van der Waals surface area contributed by atoms with Gasteiger partial charge >= 0.3 is 0 Å².